The third kappa shape index (κ3) is 4.10. The van der Waals surface area contributed by atoms with Gasteiger partial charge in [-0.05, 0) is 30.5 Å². The second kappa shape index (κ2) is 9.22. The van der Waals surface area contributed by atoms with Crippen LogP contribution in [0.25, 0.3) is 21.9 Å². The Morgan fingerprint density at radius 1 is 1.06 bits per heavy atom. The Labute approximate surface area is 203 Å². The molecule has 0 unspecified atom stereocenters. The average Bonchev–Trinajstić information content (AvgIpc) is 3.02. The van der Waals surface area contributed by atoms with Crippen molar-refractivity contribution in [3.8, 4) is 0 Å². The quantitative estimate of drug-likeness (QED) is 0.435. The van der Waals surface area contributed by atoms with Crippen molar-refractivity contribution in [1.29, 1.82) is 0 Å². The van der Waals surface area contributed by atoms with Crippen molar-refractivity contribution in [3.63, 3.8) is 0 Å². The van der Waals surface area contributed by atoms with E-state index in [1.807, 2.05) is 30.7 Å². The molecule has 180 valence electrons. The molecule has 0 atom stereocenters. The highest BCUT2D eigenvalue weighted by Crippen LogP contribution is 2.36. The SMILES string of the molecule is O=C(CO)N1CCc2nc(Nc3ncc4c5ccncc5n(C5CCCCCC5)c4n3)ccc2C1. The highest BCUT2D eigenvalue weighted by atomic mass is 16.3. The van der Waals surface area contributed by atoms with Crippen molar-refractivity contribution in [2.45, 2.75) is 57.5 Å². The standard InChI is InChI=1S/C26H29N7O2/c34-16-24(35)32-12-10-21-17(15-32)7-8-23(29-21)30-26-28-13-20-19-9-11-27-14-22(19)33(25(20)31-26)18-5-3-1-2-4-6-18/h7-9,11,13-14,18,34H,1-6,10,12,15-16H2,(H,28,29,30,31). The van der Waals surface area contributed by atoms with Crippen LogP contribution in [-0.2, 0) is 17.8 Å². The first-order valence-electron chi connectivity index (χ1n) is 12.5. The predicted octanol–water partition coefficient (Wildman–Crippen LogP) is 3.89. The van der Waals surface area contributed by atoms with E-state index in [2.05, 4.69) is 25.9 Å². The number of aliphatic hydroxyl groups is 1. The fourth-order valence-corrected chi connectivity index (χ4v) is 5.53. The molecule has 5 heterocycles. The Bertz CT molecular complexity index is 1390. The van der Waals surface area contributed by atoms with Gasteiger partial charge in [-0.25, -0.2) is 9.97 Å². The Kier molecular flexibility index (Phi) is 5.77. The van der Waals surface area contributed by atoms with Crippen LogP contribution < -0.4 is 5.32 Å². The largest absolute Gasteiger partial charge is 0.387 e. The molecule has 1 aliphatic heterocycles. The van der Waals surface area contributed by atoms with E-state index in [1.165, 1.54) is 25.7 Å². The Morgan fingerprint density at radius 3 is 2.74 bits per heavy atom. The van der Waals surface area contributed by atoms with E-state index >= 15 is 0 Å². The lowest BCUT2D eigenvalue weighted by atomic mass is 10.1. The van der Waals surface area contributed by atoms with Crippen molar-refractivity contribution in [1.82, 2.24) is 29.4 Å². The van der Waals surface area contributed by atoms with Crippen LogP contribution in [0.2, 0.25) is 0 Å². The van der Waals surface area contributed by atoms with Crippen molar-refractivity contribution < 1.29 is 9.90 Å². The van der Waals surface area contributed by atoms with Crippen LogP contribution in [0.4, 0.5) is 11.8 Å². The van der Waals surface area contributed by atoms with Crippen molar-refractivity contribution in [2.24, 2.45) is 0 Å². The number of anilines is 2. The van der Waals surface area contributed by atoms with Gasteiger partial charge in [0.1, 0.15) is 18.1 Å². The molecular weight excluding hydrogens is 442 g/mol. The molecule has 0 aromatic carbocycles. The topological polar surface area (TPSA) is 109 Å². The number of rotatable bonds is 4. The van der Waals surface area contributed by atoms with E-state index in [4.69, 9.17) is 15.1 Å². The zero-order chi connectivity index (χ0) is 23.8. The summed E-state index contributed by atoms with van der Waals surface area (Å²) in [5.41, 5.74) is 4.01. The molecule has 6 rings (SSSR count). The van der Waals surface area contributed by atoms with Gasteiger partial charge in [0, 0.05) is 54.4 Å². The molecule has 1 fully saturated rings. The van der Waals surface area contributed by atoms with E-state index in [1.54, 1.807) is 4.90 Å². The minimum absolute atomic E-state index is 0.251. The number of amides is 1. The van der Waals surface area contributed by atoms with Crippen LogP contribution >= 0.6 is 0 Å². The van der Waals surface area contributed by atoms with Crippen molar-refractivity contribution >= 4 is 39.6 Å². The Morgan fingerprint density at radius 2 is 1.91 bits per heavy atom. The van der Waals surface area contributed by atoms with Gasteiger partial charge in [0.25, 0.3) is 0 Å². The number of nitrogens with one attached hydrogen (secondary N) is 1. The zero-order valence-corrected chi connectivity index (χ0v) is 19.7. The summed E-state index contributed by atoms with van der Waals surface area (Å²) in [5.74, 6) is 0.950. The minimum Gasteiger partial charge on any atom is -0.387 e. The van der Waals surface area contributed by atoms with Gasteiger partial charge in [0.05, 0.1) is 11.7 Å². The van der Waals surface area contributed by atoms with Crippen molar-refractivity contribution in [2.75, 3.05) is 18.5 Å². The van der Waals surface area contributed by atoms with Gasteiger partial charge in [0.15, 0.2) is 0 Å². The average molecular weight is 472 g/mol. The zero-order valence-electron chi connectivity index (χ0n) is 19.7. The maximum absolute atomic E-state index is 11.8. The molecule has 9 heteroatoms. The minimum atomic E-state index is -0.462. The third-order valence-corrected chi connectivity index (χ3v) is 7.31. The maximum Gasteiger partial charge on any atom is 0.248 e. The van der Waals surface area contributed by atoms with Crippen LogP contribution in [0.3, 0.4) is 0 Å². The Balaban J connectivity index is 1.33. The number of carbonyl (C=O) groups excluding carboxylic acids is 1. The smallest absolute Gasteiger partial charge is 0.248 e. The van der Waals surface area contributed by atoms with Gasteiger partial charge in [-0.15, -0.1) is 0 Å². The van der Waals surface area contributed by atoms with Gasteiger partial charge < -0.3 is 19.9 Å². The number of hydrogen-bond donors (Lipinski definition) is 2. The first kappa shape index (κ1) is 21.9. The number of hydrogen-bond acceptors (Lipinski definition) is 7. The molecule has 4 aromatic rings. The second-order valence-electron chi connectivity index (χ2n) is 9.49. The molecule has 0 spiro atoms. The predicted molar refractivity (Wildman–Crippen MR) is 133 cm³/mol. The molecule has 0 radical (unpaired) electrons. The highest BCUT2D eigenvalue weighted by molar-refractivity contribution is 6.06. The molecule has 2 N–H and O–H groups in total. The summed E-state index contributed by atoms with van der Waals surface area (Å²) in [4.78, 5) is 32.2. The van der Waals surface area contributed by atoms with Gasteiger partial charge in [-0.3, -0.25) is 9.78 Å². The number of carbonyl (C=O) groups is 1. The molecule has 1 aliphatic carbocycles. The normalized spacial score (nSPS) is 16.9. The van der Waals surface area contributed by atoms with Crippen molar-refractivity contribution in [3.05, 3.63) is 48.0 Å². The summed E-state index contributed by atoms with van der Waals surface area (Å²) in [6, 6.07) is 6.34. The number of aliphatic hydroxyl groups excluding tert-OH is 1. The second-order valence-corrected chi connectivity index (χ2v) is 9.49. The number of nitrogens with zero attached hydrogens (tertiary/aromatic N) is 6. The molecule has 1 amide bonds. The number of pyridine rings is 2. The highest BCUT2D eigenvalue weighted by Gasteiger charge is 2.23. The summed E-state index contributed by atoms with van der Waals surface area (Å²) in [6.07, 6.45) is 13.7. The fraction of sp³-hybridized carbons (Fsp3) is 0.423. The molecule has 2 aliphatic rings. The van der Waals surface area contributed by atoms with E-state index in [9.17, 15) is 4.79 Å². The number of fused-ring (bicyclic) bond motifs is 4. The van der Waals surface area contributed by atoms with Crippen LogP contribution in [0.15, 0.2) is 36.8 Å². The van der Waals surface area contributed by atoms with E-state index in [0.717, 1.165) is 46.0 Å². The summed E-state index contributed by atoms with van der Waals surface area (Å²) in [6.45, 7) is 0.566. The van der Waals surface area contributed by atoms with E-state index in [0.29, 0.717) is 37.3 Å². The van der Waals surface area contributed by atoms with E-state index in [-0.39, 0.29) is 5.91 Å². The molecule has 0 bridgehead atoms. The van der Waals surface area contributed by atoms with Crippen LogP contribution in [-0.4, -0.2) is 53.6 Å². The van der Waals surface area contributed by atoms with Gasteiger partial charge in [0.2, 0.25) is 11.9 Å². The lowest BCUT2D eigenvalue weighted by Gasteiger charge is -2.28. The molecular formula is C26H29N7O2. The van der Waals surface area contributed by atoms with Gasteiger partial charge >= 0.3 is 0 Å². The lowest BCUT2D eigenvalue weighted by Crippen LogP contribution is -2.37. The molecule has 35 heavy (non-hydrogen) atoms. The molecule has 4 aromatic heterocycles. The summed E-state index contributed by atoms with van der Waals surface area (Å²) in [5, 5.41) is 14.6. The van der Waals surface area contributed by atoms with Crippen LogP contribution in [0.1, 0.15) is 55.8 Å². The van der Waals surface area contributed by atoms with Gasteiger partial charge in [-0.2, -0.15) is 4.98 Å². The maximum atomic E-state index is 11.8. The van der Waals surface area contributed by atoms with Crippen LogP contribution in [0, 0.1) is 0 Å². The summed E-state index contributed by atoms with van der Waals surface area (Å²) in [7, 11) is 0. The summed E-state index contributed by atoms with van der Waals surface area (Å²) < 4.78 is 2.38. The van der Waals surface area contributed by atoms with Gasteiger partial charge in [-0.1, -0.05) is 31.7 Å². The molecule has 0 saturated heterocycles. The first-order valence-corrected chi connectivity index (χ1v) is 12.5. The van der Waals surface area contributed by atoms with E-state index < -0.39 is 6.61 Å². The molecule has 9 nitrogen and oxygen atoms in total. The van der Waals surface area contributed by atoms with Crippen LogP contribution in [0.5, 0.6) is 0 Å². The lowest BCUT2D eigenvalue weighted by molar-refractivity contribution is -0.135. The fourth-order valence-electron chi connectivity index (χ4n) is 5.53. The monoisotopic (exact) mass is 471 g/mol. The summed E-state index contributed by atoms with van der Waals surface area (Å²) >= 11 is 0. The first-order chi connectivity index (χ1) is 17.2. The Hall–Kier alpha value is -3.59. The molecule has 1 saturated carbocycles. The third-order valence-electron chi connectivity index (χ3n) is 7.31. The number of aromatic nitrogens is 5.